The smallest absolute Gasteiger partial charge is 0.243 e. The van der Waals surface area contributed by atoms with Crippen LogP contribution in [0.15, 0.2) is 29.2 Å². The largest absolute Gasteiger partial charge is 0.396 e. The van der Waals surface area contributed by atoms with E-state index in [9.17, 15) is 8.42 Å². The normalized spacial score (nSPS) is 20.4. The highest BCUT2D eigenvalue weighted by Crippen LogP contribution is 2.26. The Morgan fingerprint density at radius 2 is 2.00 bits per heavy atom. The maximum absolute atomic E-state index is 12.5. The lowest BCUT2D eigenvalue weighted by atomic mass is 10.1. The van der Waals surface area contributed by atoms with Crippen LogP contribution < -0.4 is 0 Å². The molecule has 0 amide bonds. The standard InChI is InChI=1S/C14H20ClNO3S/c15-8-5-12-1-3-14(4-2-12)20(18,19)16-9-6-13(11-16)7-10-17/h1-4,13,17H,5-11H2. The van der Waals surface area contributed by atoms with Gasteiger partial charge in [0, 0.05) is 25.6 Å². The lowest BCUT2D eigenvalue weighted by Crippen LogP contribution is -2.29. The van der Waals surface area contributed by atoms with Gasteiger partial charge >= 0.3 is 0 Å². The summed E-state index contributed by atoms with van der Waals surface area (Å²) >= 11 is 5.67. The molecule has 20 heavy (non-hydrogen) atoms. The number of hydrogen-bond acceptors (Lipinski definition) is 3. The number of aliphatic hydroxyl groups is 1. The van der Waals surface area contributed by atoms with Gasteiger partial charge in [0.15, 0.2) is 0 Å². The second-order valence-electron chi connectivity index (χ2n) is 5.11. The summed E-state index contributed by atoms with van der Waals surface area (Å²) in [4.78, 5) is 0.334. The first-order chi connectivity index (χ1) is 9.57. The number of nitrogens with zero attached hydrogens (tertiary/aromatic N) is 1. The molecular formula is C14H20ClNO3S. The minimum atomic E-state index is -3.40. The molecule has 1 aliphatic heterocycles. The molecule has 1 aromatic rings. The van der Waals surface area contributed by atoms with Gasteiger partial charge in [-0.15, -0.1) is 11.6 Å². The molecule has 1 unspecified atom stereocenters. The van der Waals surface area contributed by atoms with Gasteiger partial charge in [0.05, 0.1) is 4.90 Å². The highest BCUT2D eigenvalue weighted by molar-refractivity contribution is 7.89. The molecule has 6 heteroatoms. The highest BCUT2D eigenvalue weighted by Gasteiger charge is 2.32. The minimum absolute atomic E-state index is 0.117. The summed E-state index contributed by atoms with van der Waals surface area (Å²) in [6.45, 7) is 1.16. The fraction of sp³-hybridized carbons (Fsp3) is 0.571. The zero-order valence-corrected chi connectivity index (χ0v) is 12.9. The van der Waals surface area contributed by atoms with Crippen LogP contribution in [-0.2, 0) is 16.4 Å². The molecule has 1 fully saturated rings. The topological polar surface area (TPSA) is 57.6 Å². The Balaban J connectivity index is 2.10. The summed E-state index contributed by atoms with van der Waals surface area (Å²) in [6, 6.07) is 6.93. The summed E-state index contributed by atoms with van der Waals surface area (Å²) < 4.78 is 26.5. The first-order valence-electron chi connectivity index (χ1n) is 6.84. The van der Waals surface area contributed by atoms with Crippen LogP contribution in [0.1, 0.15) is 18.4 Å². The second-order valence-corrected chi connectivity index (χ2v) is 7.43. The van der Waals surface area contributed by atoms with E-state index in [1.165, 1.54) is 4.31 Å². The molecule has 4 nitrogen and oxygen atoms in total. The fourth-order valence-corrected chi connectivity index (χ4v) is 4.27. The average Bonchev–Trinajstić information content (AvgIpc) is 2.90. The van der Waals surface area contributed by atoms with Crippen LogP contribution in [0.5, 0.6) is 0 Å². The molecular weight excluding hydrogens is 298 g/mol. The third kappa shape index (κ3) is 3.52. The van der Waals surface area contributed by atoms with E-state index in [1.807, 2.05) is 12.1 Å². The van der Waals surface area contributed by atoms with Crippen LogP contribution in [0.2, 0.25) is 0 Å². The quantitative estimate of drug-likeness (QED) is 0.815. The van der Waals surface area contributed by atoms with Gasteiger partial charge in [0.25, 0.3) is 0 Å². The number of alkyl halides is 1. The van der Waals surface area contributed by atoms with Crippen molar-refractivity contribution in [2.45, 2.75) is 24.2 Å². The molecule has 1 heterocycles. The molecule has 1 saturated heterocycles. The first-order valence-corrected chi connectivity index (χ1v) is 8.81. The lowest BCUT2D eigenvalue weighted by Gasteiger charge is -2.16. The number of rotatable bonds is 6. The Bertz CT molecular complexity index is 530. The summed E-state index contributed by atoms with van der Waals surface area (Å²) in [6.07, 6.45) is 2.23. The Kier molecular flexibility index (Phi) is 5.43. The van der Waals surface area contributed by atoms with Crippen molar-refractivity contribution in [3.8, 4) is 0 Å². The molecule has 0 radical (unpaired) electrons. The van der Waals surface area contributed by atoms with Crippen molar-refractivity contribution in [1.82, 2.24) is 4.31 Å². The van der Waals surface area contributed by atoms with Gasteiger partial charge in [0.2, 0.25) is 10.0 Å². The predicted octanol–water partition coefficient (Wildman–Crippen LogP) is 1.86. The van der Waals surface area contributed by atoms with Crippen LogP contribution in [-0.4, -0.2) is 43.4 Å². The molecule has 0 aromatic heterocycles. The second kappa shape index (κ2) is 6.89. The van der Waals surface area contributed by atoms with Crippen molar-refractivity contribution in [2.75, 3.05) is 25.6 Å². The Hall–Kier alpha value is -0.620. The number of benzene rings is 1. The van der Waals surface area contributed by atoms with E-state index in [0.717, 1.165) is 18.4 Å². The highest BCUT2D eigenvalue weighted by atomic mass is 35.5. The number of hydrogen-bond donors (Lipinski definition) is 1. The molecule has 1 N–H and O–H groups in total. The molecule has 1 aliphatic rings. The summed E-state index contributed by atoms with van der Waals surface area (Å²) in [5.74, 6) is 0.798. The Labute approximate surface area is 125 Å². The lowest BCUT2D eigenvalue weighted by molar-refractivity contribution is 0.259. The third-order valence-electron chi connectivity index (χ3n) is 3.73. The van der Waals surface area contributed by atoms with Gasteiger partial charge in [0.1, 0.15) is 0 Å². The minimum Gasteiger partial charge on any atom is -0.396 e. The Morgan fingerprint density at radius 1 is 1.30 bits per heavy atom. The zero-order chi connectivity index (χ0) is 14.6. The van der Waals surface area contributed by atoms with Crippen molar-refractivity contribution >= 4 is 21.6 Å². The molecule has 112 valence electrons. The van der Waals surface area contributed by atoms with E-state index in [2.05, 4.69) is 0 Å². The molecule has 0 aliphatic carbocycles. The number of sulfonamides is 1. The van der Waals surface area contributed by atoms with Crippen LogP contribution in [0.3, 0.4) is 0 Å². The summed E-state index contributed by atoms with van der Waals surface area (Å²) in [7, 11) is -3.40. The van der Waals surface area contributed by atoms with Crippen molar-refractivity contribution in [3.05, 3.63) is 29.8 Å². The van der Waals surface area contributed by atoms with E-state index < -0.39 is 10.0 Å². The third-order valence-corrected chi connectivity index (χ3v) is 5.80. The van der Waals surface area contributed by atoms with E-state index in [4.69, 9.17) is 16.7 Å². The van der Waals surface area contributed by atoms with E-state index in [-0.39, 0.29) is 12.5 Å². The average molecular weight is 318 g/mol. The Morgan fingerprint density at radius 3 is 2.60 bits per heavy atom. The van der Waals surface area contributed by atoms with Crippen LogP contribution in [0.4, 0.5) is 0 Å². The molecule has 0 spiro atoms. The van der Waals surface area contributed by atoms with Crippen molar-refractivity contribution in [3.63, 3.8) is 0 Å². The molecule has 0 saturated carbocycles. The fourth-order valence-electron chi connectivity index (χ4n) is 2.52. The number of aryl methyl sites for hydroxylation is 1. The van der Waals surface area contributed by atoms with Gasteiger partial charge < -0.3 is 5.11 Å². The van der Waals surface area contributed by atoms with Crippen LogP contribution in [0, 0.1) is 5.92 Å². The number of aliphatic hydroxyl groups excluding tert-OH is 1. The van der Waals surface area contributed by atoms with E-state index >= 15 is 0 Å². The van der Waals surface area contributed by atoms with Gasteiger partial charge in [-0.3, -0.25) is 0 Å². The van der Waals surface area contributed by atoms with Gasteiger partial charge in [-0.25, -0.2) is 8.42 Å². The predicted molar refractivity (Wildman–Crippen MR) is 79.4 cm³/mol. The van der Waals surface area contributed by atoms with E-state index in [1.54, 1.807) is 12.1 Å². The SMILES string of the molecule is O=S(=O)(c1ccc(CCCl)cc1)N1CCC(CCO)C1. The van der Waals surface area contributed by atoms with Crippen molar-refractivity contribution in [2.24, 2.45) is 5.92 Å². The van der Waals surface area contributed by atoms with Crippen molar-refractivity contribution in [1.29, 1.82) is 0 Å². The van der Waals surface area contributed by atoms with Gasteiger partial charge in [-0.2, -0.15) is 4.31 Å². The molecule has 0 bridgehead atoms. The van der Waals surface area contributed by atoms with Gasteiger partial charge in [-0.1, -0.05) is 12.1 Å². The maximum atomic E-state index is 12.5. The summed E-state index contributed by atoms with van der Waals surface area (Å²) in [5.41, 5.74) is 1.04. The van der Waals surface area contributed by atoms with E-state index in [0.29, 0.717) is 30.3 Å². The molecule has 2 rings (SSSR count). The molecule has 1 aromatic carbocycles. The van der Waals surface area contributed by atoms with Gasteiger partial charge in [-0.05, 0) is 42.9 Å². The maximum Gasteiger partial charge on any atom is 0.243 e. The van der Waals surface area contributed by atoms with Crippen LogP contribution in [0.25, 0.3) is 0 Å². The summed E-state index contributed by atoms with van der Waals surface area (Å²) in [5, 5.41) is 8.94. The molecule has 1 atom stereocenters. The monoisotopic (exact) mass is 317 g/mol. The van der Waals surface area contributed by atoms with Crippen molar-refractivity contribution < 1.29 is 13.5 Å². The number of halogens is 1. The van der Waals surface area contributed by atoms with Crippen LogP contribution >= 0.6 is 11.6 Å². The first kappa shape index (κ1) is 15.8. The zero-order valence-electron chi connectivity index (χ0n) is 11.3.